The third kappa shape index (κ3) is 5.15. The summed E-state index contributed by atoms with van der Waals surface area (Å²) in [5, 5.41) is 22.6. The summed E-state index contributed by atoms with van der Waals surface area (Å²) in [5.41, 5.74) is 1.05. The predicted octanol–water partition coefficient (Wildman–Crippen LogP) is 7.14. The Morgan fingerprint density at radius 3 is 1.58 bits per heavy atom. The summed E-state index contributed by atoms with van der Waals surface area (Å²) in [6.45, 7) is 5.94. The smallest absolute Gasteiger partial charge is 0.343 e. The second-order valence-electron chi connectivity index (χ2n) is 10.2. The van der Waals surface area contributed by atoms with Gasteiger partial charge < -0.3 is 19.7 Å². The van der Waals surface area contributed by atoms with Gasteiger partial charge in [0.15, 0.2) is 0 Å². The zero-order valence-corrected chi connectivity index (χ0v) is 21.2. The van der Waals surface area contributed by atoms with Gasteiger partial charge in [-0.3, -0.25) is 0 Å². The van der Waals surface area contributed by atoms with Crippen molar-refractivity contribution in [2.45, 2.75) is 26.2 Å². The Kier molecular flexibility index (Phi) is 6.25. The van der Waals surface area contributed by atoms with E-state index in [1.807, 2.05) is 20.8 Å². The first-order valence-corrected chi connectivity index (χ1v) is 12.1. The maximum Gasteiger partial charge on any atom is 0.343 e. The number of aromatic hydroxyl groups is 2. The molecule has 0 aromatic heterocycles. The number of hydrogen-bond acceptors (Lipinski definition) is 6. The molecule has 6 heteroatoms. The van der Waals surface area contributed by atoms with Crippen molar-refractivity contribution in [2.75, 3.05) is 0 Å². The van der Waals surface area contributed by atoms with E-state index >= 15 is 0 Å². The highest BCUT2D eigenvalue weighted by Gasteiger charge is 2.23. The van der Waals surface area contributed by atoms with Crippen LogP contribution in [0.2, 0.25) is 0 Å². The standard InChI is InChI=1S/C32H26O6/c1-32(2,3)28-18-27(37-30(35)23-6-4-21-16-25(33)10-8-19(21)14-23)12-13-29(28)38-31(36)24-7-5-22-17-26(34)11-9-20(22)15-24/h4-18,33-34H,1-3H3. The summed E-state index contributed by atoms with van der Waals surface area (Å²) in [6, 6.07) is 25.0. The average molecular weight is 507 g/mol. The third-order valence-corrected chi connectivity index (χ3v) is 6.29. The third-order valence-electron chi connectivity index (χ3n) is 6.29. The molecule has 0 radical (unpaired) electrons. The molecule has 0 atom stereocenters. The molecule has 0 saturated heterocycles. The molecule has 190 valence electrons. The lowest BCUT2D eigenvalue weighted by Crippen LogP contribution is -2.17. The number of ether oxygens (including phenoxy) is 2. The van der Waals surface area contributed by atoms with E-state index in [9.17, 15) is 19.8 Å². The highest BCUT2D eigenvalue weighted by atomic mass is 16.5. The van der Waals surface area contributed by atoms with Gasteiger partial charge in [-0.25, -0.2) is 9.59 Å². The summed E-state index contributed by atoms with van der Waals surface area (Å²) >= 11 is 0. The number of hydrogen-bond donors (Lipinski definition) is 2. The zero-order chi connectivity index (χ0) is 27.0. The van der Waals surface area contributed by atoms with Crippen LogP contribution in [0.15, 0.2) is 91.0 Å². The van der Waals surface area contributed by atoms with Crippen LogP contribution in [0.4, 0.5) is 0 Å². The van der Waals surface area contributed by atoms with Gasteiger partial charge in [-0.2, -0.15) is 0 Å². The van der Waals surface area contributed by atoms with Gasteiger partial charge in [-0.15, -0.1) is 0 Å². The number of fused-ring (bicyclic) bond motifs is 2. The molecule has 6 nitrogen and oxygen atoms in total. The topological polar surface area (TPSA) is 93.1 Å². The van der Waals surface area contributed by atoms with Crippen molar-refractivity contribution in [1.29, 1.82) is 0 Å². The molecule has 5 aromatic rings. The summed E-state index contributed by atoms with van der Waals surface area (Å²) in [7, 11) is 0. The van der Waals surface area contributed by atoms with Crippen LogP contribution >= 0.6 is 0 Å². The highest BCUT2D eigenvalue weighted by Crippen LogP contribution is 2.35. The largest absolute Gasteiger partial charge is 0.508 e. The first-order chi connectivity index (χ1) is 18.1. The van der Waals surface area contributed by atoms with E-state index in [4.69, 9.17) is 9.47 Å². The average Bonchev–Trinajstić information content (AvgIpc) is 2.88. The fourth-order valence-corrected chi connectivity index (χ4v) is 4.29. The number of phenols is 2. The molecule has 0 aliphatic rings. The van der Waals surface area contributed by atoms with Gasteiger partial charge in [-0.1, -0.05) is 45.0 Å². The van der Waals surface area contributed by atoms with Crippen LogP contribution in [0.1, 0.15) is 47.1 Å². The van der Waals surface area contributed by atoms with Gasteiger partial charge >= 0.3 is 11.9 Å². The Hall–Kier alpha value is -4.84. The quantitative estimate of drug-likeness (QED) is 0.199. The minimum atomic E-state index is -0.522. The lowest BCUT2D eigenvalue weighted by atomic mass is 9.86. The fourth-order valence-electron chi connectivity index (χ4n) is 4.29. The minimum absolute atomic E-state index is 0.157. The van der Waals surface area contributed by atoms with E-state index in [1.165, 1.54) is 0 Å². The molecule has 0 saturated carbocycles. The van der Waals surface area contributed by atoms with Crippen LogP contribution in [0, 0.1) is 0 Å². The van der Waals surface area contributed by atoms with Crippen molar-refractivity contribution in [3.63, 3.8) is 0 Å². The normalized spacial score (nSPS) is 11.4. The van der Waals surface area contributed by atoms with E-state index in [0.717, 1.165) is 21.5 Å². The zero-order valence-electron chi connectivity index (χ0n) is 21.2. The number of carbonyl (C=O) groups excluding carboxylic acids is 2. The molecule has 5 aromatic carbocycles. The Bertz CT molecular complexity index is 1710. The Labute approximate surface area is 219 Å². The van der Waals surface area contributed by atoms with Crippen LogP contribution < -0.4 is 9.47 Å². The maximum atomic E-state index is 13.0. The van der Waals surface area contributed by atoms with E-state index in [2.05, 4.69) is 0 Å². The molecular weight excluding hydrogens is 480 g/mol. The number of phenolic OH excluding ortho intramolecular Hbond substituents is 2. The molecular formula is C32H26O6. The molecule has 2 N–H and O–H groups in total. The van der Waals surface area contributed by atoms with Gasteiger partial charge in [0.25, 0.3) is 0 Å². The minimum Gasteiger partial charge on any atom is -0.508 e. The van der Waals surface area contributed by atoms with E-state index in [-0.39, 0.29) is 11.5 Å². The molecule has 0 aliphatic heterocycles. The van der Waals surface area contributed by atoms with Gasteiger partial charge in [0, 0.05) is 5.56 Å². The molecule has 38 heavy (non-hydrogen) atoms. The first kappa shape index (κ1) is 24.8. The van der Waals surface area contributed by atoms with Crippen molar-refractivity contribution in [2.24, 2.45) is 0 Å². The Morgan fingerprint density at radius 2 is 1.05 bits per heavy atom. The lowest BCUT2D eigenvalue weighted by Gasteiger charge is -2.23. The molecule has 0 fully saturated rings. The fraction of sp³-hybridized carbons (Fsp3) is 0.125. The first-order valence-electron chi connectivity index (χ1n) is 12.1. The maximum absolute atomic E-state index is 13.0. The summed E-state index contributed by atoms with van der Waals surface area (Å²) < 4.78 is 11.4. The molecule has 0 bridgehead atoms. The van der Waals surface area contributed by atoms with Crippen LogP contribution in [-0.4, -0.2) is 22.2 Å². The second kappa shape index (κ2) is 9.56. The van der Waals surface area contributed by atoms with Crippen molar-refractivity contribution in [3.05, 3.63) is 108 Å². The molecule has 0 amide bonds. The summed E-state index contributed by atoms with van der Waals surface area (Å²) in [4.78, 5) is 25.9. The molecule has 0 heterocycles. The number of esters is 2. The Morgan fingerprint density at radius 1 is 0.579 bits per heavy atom. The predicted molar refractivity (Wildman–Crippen MR) is 146 cm³/mol. The highest BCUT2D eigenvalue weighted by molar-refractivity contribution is 5.98. The van der Waals surface area contributed by atoms with Gasteiger partial charge in [-0.05, 0) is 93.7 Å². The van der Waals surface area contributed by atoms with Gasteiger partial charge in [0.05, 0.1) is 11.1 Å². The van der Waals surface area contributed by atoms with E-state index in [1.54, 1.807) is 91.0 Å². The van der Waals surface area contributed by atoms with Crippen LogP contribution in [-0.2, 0) is 5.41 Å². The van der Waals surface area contributed by atoms with Crippen molar-refractivity contribution >= 4 is 33.5 Å². The van der Waals surface area contributed by atoms with E-state index < -0.39 is 17.4 Å². The lowest BCUT2D eigenvalue weighted by molar-refractivity contribution is 0.0717. The summed E-state index contributed by atoms with van der Waals surface area (Å²) in [6.07, 6.45) is 0. The molecule has 5 rings (SSSR count). The van der Waals surface area contributed by atoms with Crippen LogP contribution in [0.5, 0.6) is 23.0 Å². The number of carbonyl (C=O) groups is 2. The monoisotopic (exact) mass is 506 g/mol. The molecule has 0 spiro atoms. The summed E-state index contributed by atoms with van der Waals surface area (Å²) in [5.74, 6) is -0.0209. The molecule has 0 unspecified atom stereocenters. The second-order valence-corrected chi connectivity index (χ2v) is 10.2. The van der Waals surface area contributed by atoms with Crippen molar-refractivity contribution in [1.82, 2.24) is 0 Å². The van der Waals surface area contributed by atoms with Crippen molar-refractivity contribution < 1.29 is 29.3 Å². The van der Waals surface area contributed by atoms with Crippen LogP contribution in [0.3, 0.4) is 0 Å². The van der Waals surface area contributed by atoms with Crippen LogP contribution in [0.25, 0.3) is 21.5 Å². The Balaban J connectivity index is 1.39. The number of rotatable bonds is 4. The van der Waals surface area contributed by atoms with Crippen molar-refractivity contribution in [3.8, 4) is 23.0 Å². The van der Waals surface area contributed by atoms with Gasteiger partial charge in [0.2, 0.25) is 0 Å². The van der Waals surface area contributed by atoms with Gasteiger partial charge in [0.1, 0.15) is 23.0 Å². The SMILES string of the molecule is CC(C)(C)c1cc(OC(=O)c2ccc3cc(O)ccc3c2)ccc1OC(=O)c1ccc2cc(O)ccc2c1. The van der Waals surface area contributed by atoms with E-state index in [0.29, 0.717) is 28.2 Å². The molecule has 0 aliphatic carbocycles. The number of benzene rings is 5.